The largest absolute Gasteiger partial charge is 0.329 e. The summed E-state index contributed by atoms with van der Waals surface area (Å²) < 4.78 is 0. The SMILES string of the molecule is CCN(Cc1ccncc1)C(CN)c1ccc(Cl)c(Cl)c1. The van der Waals surface area contributed by atoms with Gasteiger partial charge in [0.05, 0.1) is 10.0 Å². The maximum absolute atomic E-state index is 6.12. The molecule has 0 bridgehead atoms. The Balaban J connectivity index is 2.22. The Bertz CT molecular complexity index is 575. The van der Waals surface area contributed by atoms with Gasteiger partial charge in [0.15, 0.2) is 0 Å². The molecule has 0 aliphatic rings. The van der Waals surface area contributed by atoms with Gasteiger partial charge in [-0.25, -0.2) is 0 Å². The first-order valence-corrected chi connectivity index (χ1v) is 7.69. The van der Waals surface area contributed by atoms with Gasteiger partial charge in [-0.15, -0.1) is 0 Å². The summed E-state index contributed by atoms with van der Waals surface area (Å²) in [5, 5.41) is 1.13. The van der Waals surface area contributed by atoms with Crippen LogP contribution in [0.1, 0.15) is 24.1 Å². The highest BCUT2D eigenvalue weighted by Crippen LogP contribution is 2.28. The van der Waals surface area contributed by atoms with Crippen LogP contribution in [0.2, 0.25) is 10.0 Å². The highest BCUT2D eigenvalue weighted by Gasteiger charge is 2.18. The molecule has 0 aliphatic carbocycles. The minimum absolute atomic E-state index is 0.109. The van der Waals surface area contributed by atoms with E-state index in [4.69, 9.17) is 28.9 Å². The number of aromatic nitrogens is 1. The van der Waals surface area contributed by atoms with Crippen molar-refractivity contribution in [3.05, 3.63) is 63.9 Å². The van der Waals surface area contributed by atoms with Crippen LogP contribution in [-0.4, -0.2) is 23.0 Å². The number of hydrogen-bond acceptors (Lipinski definition) is 3. The predicted octanol–water partition coefficient (Wildman–Crippen LogP) is 3.91. The van der Waals surface area contributed by atoms with E-state index in [0.717, 1.165) is 18.7 Å². The second kappa shape index (κ2) is 7.76. The molecule has 0 saturated heterocycles. The molecule has 0 amide bonds. The molecule has 5 heteroatoms. The average Bonchev–Trinajstić information content (AvgIpc) is 2.51. The Morgan fingerprint density at radius 1 is 1.14 bits per heavy atom. The minimum atomic E-state index is 0.109. The summed E-state index contributed by atoms with van der Waals surface area (Å²) in [6.07, 6.45) is 3.61. The molecule has 0 saturated carbocycles. The number of nitrogens with two attached hydrogens (primary N) is 1. The predicted molar refractivity (Wildman–Crippen MR) is 88.6 cm³/mol. The molecular formula is C16H19Cl2N3. The van der Waals surface area contributed by atoms with Crippen molar-refractivity contribution in [1.29, 1.82) is 0 Å². The molecule has 2 N–H and O–H groups in total. The molecule has 3 nitrogen and oxygen atoms in total. The number of pyridine rings is 1. The molecule has 2 aromatic rings. The standard InChI is InChI=1S/C16H19Cl2N3/c1-2-21(11-12-5-7-20-8-6-12)16(10-19)13-3-4-14(17)15(18)9-13/h3-9,16H,2,10-11,19H2,1H3. The van der Waals surface area contributed by atoms with Crippen LogP contribution in [0.15, 0.2) is 42.7 Å². The zero-order valence-electron chi connectivity index (χ0n) is 12.0. The van der Waals surface area contributed by atoms with Crippen LogP contribution >= 0.6 is 23.2 Å². The molecule has 0 radical (unpaired) electrons. The van der Waals surface area contributed by atoms with Gasteiger partial charge in [0.25, 0.3) is 0 Å². The van der Waals surface area contributed by atoms with Gasteiger partial charge < -0.3 is 5.73 Å². The lowest BCUT2D eigenvalue weighted by Crippen LogP contribution is -2.33. The van der Waals surface area contributed by atoms with E-state index in [2.05, 4.69) is 16.8 Å². The lowest BCUT2D eigenvalue weighted by molar-refractivity contribution is 0.203. The molecule has 0 aliphatic heterocycles. The fraction of sp³-hybridized carbons (Fsp3) is 0.312. The summed E-state index contributed by atoms with van der Waals surface area (Å²) in [5.41, 5.74) is 8.29. The number of nitrogens with zero attached hydrogens (tertiary/aromatic N) is 2. The number of halogens is 2. The van der Waals surface area contributed by atoms with Crippen molar-refractivity contribution in [2.24, 2.45) is 5.73 Å². The van der Waals surface area contributed by atoms with Crippen LogP contribution in [0, 0.1) is 0 Å². The van der Waals surface area contributed by atoms with E-state index in [-0.39, 0.29) is 6.04 Å². The Kier molecular flexibility index (Phi) is 6.00. The topological polar surface area (TPSA) is 42.2 Å². The molecule has 1 aromatic carbocycles. The summed E-state index contributed by atoms with van der Waals surface area (Å²) in [6, 6.07) is 9.86. The first kappa shape index (κ1) is 16.2. The van der Waals surface area contributed by atoms with Crippen LogP contribution in [0.4, 0.5) is 0 Å². The summed E-state index contributed by atoms with van der Waals surface area (Å²) in [4.78, 5) is 6.36. The van der Waals surface area contributed by atoms with Crippen molar-refractivity contribution >= 4 is 23.2 Å². The number of benzene rings is 1. The van der Waals surface area contributed by atoms with Gasteiger partial charge in [-0.2, -0.15) is 0 Å². The molecule has 1 unspecified atom stereocenters. The van der Waals surface area contributed by atoms with E-state index in [1.54, 1.807) is 12.4 Å². The third kappa shape index (κ3) is 4.17. The number of rotatable bonds is 6. The van der Waals surface area contributed by atoms with E-state index in [9.17, 15) is 0 Å². The molecular weight excluding hydrogens is 305 g/mol. The van der Waals surface area contributed by atoms with Crippen molar-refractivity contribution in [1.82, 2.24) is 9.88 Å². The Hall–Kier alpha value is -1.13. The average molecular weight is 324 g/mol. The second-order valence-electron chi connectivity index (χ2n) is 4.84. The van der Waals surface area contributed by atoms with Gasteiger partial charge in [-0.1, -0.05) is 36.2 Å². The zero-order valence-corrected chi connectivity index (χ0v) is 13.5. The Morgan fingerprint density at radius 3 is 2.43 bits per heavy atom. The van der Waals surface area contributed by atoms with Gasteiger partial charge in [-0.05, 0) is 41.9 Å². The van der Waals surface area contributed by atoms with Crippen molar-refractivity contribution in [2.75, 3.05) is 13.1 Å². The van der Waals surface area contributed by atoms with Crippen molar-refractivity contribution in [3.8, 4) is 0 Å². The highest BCUT2D eigenvalue weighted by atomic mass is 35.5. The van der Waals surface area contributed by atoms with Crippen molar-refractivity contribution in [3.63, 3.8) is 0 Å². The van der Waals surface area contributed by atoms with Crippen LogP contribution in [-0.2, 0) is 6.54 Å². The fourth-order valence-corrected chi connectivity index (χ4v) is 2.69. The van der Waals surface area contributed by atoms with Gasteiger partial charge in [-0.3, -0.25) is 9.88 Å². The summed E-state index contributed by atoms with van der Waals surface area (Å²) in [7, 11) is 0. The lowest BCUT2D eigenvalue weighted by Gasteiger charge is -2.30. The third-order valence-electron chi connectivity index (χ3n) is 3.53. The van der Waals surface area contributed by atoms with Crippen LogP contribution in [0.3, 0.4) is 0 Å². The number of hydrogen-bond donors (Lipinski definition) is 1. The molecule has 1 aromatic heterocycles. The quantitative estimate of drug-likeness (QED) is 0.876. The summed E-state index contributed by atoms with van der Waals surface area (Å²) in [5.74, 6) is 0. The van der Waals surface area contributed by atoms with Gasteiger partial charge in [0.1, 0.15) is 0 Å². The van der Waals surface area contributed by atoms with Crippen LogP contribution in [0.5, 0.6) is 0 Å². The smallest absolute Gasteiger partial charge is 0.0595 e. The third-order valence-corrected chi connectivity index (χ3v) is 4.27. The maximum Gasteiger partial charge on any atom is 0.0595 e. The van der Waals surface area contributed by atoms with Gasteiger partial charge in [0, 0.05) is 31.5 Å². The van der Waals surface area contributed by atoms with E-state index in [1.807, 2.05) is 30.3 Å². The summed E-state index contributed by atoms with van der Waals surface area (Å²) >= 11 is 12.1. The molecule has 112 valence electrons. The van der Waals surface area contributed by atoms with Gasteiger partial charge in [0.2, 0.25) is 0 Å². The molecule has 1 atom stereocenters. The zero-order chi connectivity index (χ0) is 15.2. The second-order valence-corrected chi connectivity index (χ2v) is 5.66. The van der Waals surface area contributed by atoms with Crippen LogP contribution < -0.4 is 5.73 Å². The minimum Gasteiger partial charge on any atom is -0.329 e. The summed E-state index contributed by atoms with van der Waals surface area (Å²) in [6.45, 7) is 4.36. The Morgan fingerprint density at radius 2 is 1.86 bits per heavy atom. The van der Waals surface area contributed by atoms with E-state index >= 15 is 0 Å². The van der Waals surface area contributed by atoms with Crippen molar-refractivity contribution < 1.29 is 0 Å². The first-order valence-electron chi connectivity index (χ1n) is 6.93. The maximum atomic E-state index is 6.12. The van der Waals surface area contributed by atoms with Crippen LogP contribution in [0.25, 0.3) is 0 Å². The van der Waals surface area contributed by atoms with Gasteiger partial charge >= 0.3 is 0 Å². The fourth-order valence-electron chi connectivity index (χ4n) is 2.38. The lowest BCUT2D eigenvalue weighted by atomic mass is 10.0. The van der Waals surface area contributed by atoms with E-state index in [1.165, 1.54) is 5.56 Å². The highest BCUT2D eigenvalue weighted by molar-refractivity contribution is 6.42. The molecule has 1 heterocycles. The molecule has 0 fully saturated rings. The molecule has 21 heavy (non-hydrogen) atoms. The molecule has 0 spiro atoms. The normalized spacial score (nSPS) is 12.6. The van der Waals surface area contributed by atoms with E-state index < -0.39 is 0 Å². The van der Waals surface area contributed by atoms with Crippen molar-refractivity contribution in [2.45, 2.75) is 19.5 Å². The first-order chi connectivity index (χ1) is 10.2. The molecule has 2 rings (SSSR count). The Labute approximate surface area is 135 Å². The number of likely N-dealkylation sites (N-methyl/N-ethyl adjacent to an activating group) is 1. The van der Waals surface area contributed by atoms with E-state index in [0.29, 0.717) is 16.6 Å². The monoisotopic (exact) mass is 323 g/mol.